The molecule has 0 fully saturated rings. The maximum Gasteiger partial charge on any atom is 0.305 e. The van der Waals surface area contributed by atoms with Gasteiger partial charge in [0.15, 0.2) is 0 Å². The quantitative estimate of drug-likeness (QED) is 0.147. The third-order valence-electron chi connectivity index (χ3n) is 5.65. The average Bonchev–Trinajstić information content (AvgIpc) is 2.74. The van der Waals surface area contributed by atoms with Crippen molar-refractivity contribution in [2.45, 2.75) is 157 Å². The summed E-state index contributed by atoms with van der Waals surface area (Å²) in [5, 5.41) is 0. The monoisotopic (exact) mass is 412 g/mol. The highest BCUT2D eigenvalue weighted by atomic mass is 16.5. The molecule has 0 radical (unpaired) electrons. The first kappa shape index (κ1) is 30.7. The van der Waals surface area contributed by atoms with Crippen molar-refractivity contribution in [3.05, 3.63) is 0 Å². The first-order valence-electron chi connectivity index (χ1n) is 13.3. The van der Waals surface area contributed by atoms with E-state index in [4.69, 9.17) is 4.74 Å². The number of esters is 1. The Bertz CT molecular complexity index is 299. The smallest absolute Gasteiger partial charge is 0.305 e. The van der Waals surface area contributed by atoms with Gasteiger partial charge in [-0.1, -0.05) is 131 Å². The van der Waals surface area contributed by atoms with E-state index in [-0.39, 0.29) is 5.97 Å². The van der Waals surface area contributed by atoms with Crippen LogP contribution in [0.5, 0.6) is 0 Å². The molecule has 0 aliphatic carbocycles. The molecule has 0 bridgehead atoms. The van der Waals surface area contributed by atoms with Crippen molar-refractivity contribution < 1.29 is 9.53 Å². The molecule has 0 aromatic rings. The van der Waals surface area contributed by atoms with Crippen LogP contribution in [0, 0.1) is 5.92 Å². The molecule has 2 heteroatoms. The van der Waals surface area contributed by atoms with Crippen LogP contribution in [0.4, 0.5) is 0 Å². The summed E-state index contributed by atoms with van der Waals surface area (Å²) in [5.41, 5.74) is 0. The zero-order valence-electron chi connectivity index (χ0n) is 21.0. The molecule has 29 heavy (non-hydrogen) atoms. The number of carbonyl (C=O) groups excluding carboxylic acids is 1. The van der Waals surface area contributed by atoms with Crippen molar-refractivity contribution in [3.63, 3.8) is 0 Å². The van der Waals surface area contributed by atoms with Crippen molar-refractivity contribution >= 4 is 5.97 Å². The van der Waals surface area contributed by atoms with Crippen LogP contribution in [-0.2, 0) is 9.53 Å². The summed E-state index contributed by atoms with van der Waals surface area (Å²) in [6.07, 6.45) is 23.6. The van der Waals surface area contributed by atoms with Crippen LogP contribution in [0.1, 0.15) is 157 Å². The topological polar surface area (TPSA) is 26.3 Å². The zero-order chi connectivity index (χ0) is 22.0. The van der Waals surface area contributed by atoms with E-state index in [1.165, 1.54) is 109 Å². The number of rotatable bonds is 20. The second kappa shape index (κ2) is 27.5. The maximum atomic E-state index is 11.9. The third kappa shape index (κ3) is 27.5. The van der Waals surface area contributed by atoms with Gasteiger partial charge < -0.3 is 4.74 Å². The second-order valence-electron chi connectivity index (χ2n) is 8.77. The highest BCUT2D eigenvalue weighted by molar-refractivity contribution is 5.69. The van der Waals surface area contributed by atoms with Gasteiger partial charge in [-0.2, -0.15) is 0 Å². The van der Waals surface area contributed by atoms with Gasteiger partial charge in [-0.3, -0.25) is 4.79 Å². The largest absolute Gasteiger partial charge is 0.465 e. The van der Waals surface area contributed by atoms with Gasteiger partial charge in [0, 0.05) is 6.42 Å². The first-order chi connectivity index (χ1) is 14.2. The van der Waals surface area contributed by atoms with E-state index in [2.05, 4.69) is 34.6 Å². The predicted molar refractivity (Wildman–Crippen MR) is 131 cm³/mol. The minimum Gasteiger partial charge on any atom is -0.465 e. The highest BCUT2D eigenvalue weighted by Crippen LogP contribution is 2.18. The van der Waals surface area contributed by atoms with E-state index in [1.807, 2.05) is 0 Å². The number of ether oxygens (including phenoxy) is 1. The van der Waals surface area contributed by atoms with Gasteiger partial charge in [-0.15, -0.1) is 0 Å². The van der Waals surface area contributed by atoms with E-state index in [9.17, 15) is 4.79 Å². The van der Waals surface area contributed by atoms with Crippen molar-refractivity contribution in [2.75, 3.05) is 6.61 Å². The predicted octanol–water partition coefficient (Wildman–Crippen LogP) is 9.64. The second-order valence-corrected chi connectivity index (χ2v) is 8.77. The summed E-state index contributed by atoms with van der Waals surface area (Å²) in [5.74, 6) is 0.611. The Morgan fingerprint density at radius 2 is 1.00 bits per heavy atom. The van der Waals surface area contributed by atoms with E-state index in [1.54, 1.807) is 0 Å². The van der Waals surface area contributed by atoms with Crippen molar-refractivity contribution in [3.8, 4) is 0 Å². The van der Waals surface area contributed by atoms with Crippen LogP contribution in [0.3, 0.4) is 0 Å². The molecule has 0 aliphatic rings. The van der Waals surface area contributed by atoms with Crippen LogP contribution in [0.25, 0.3) is 0 Å². The molecule has 0 amide bonds. The summed E-state index contributed by atoms with van der Waals surface area (Å²) in [6.45, 7) is 11.8. The molecule has 0 saturated carbocycles. The normalized spacial score (nSPS) is 11.6. The average molecular weight is 413 g/mol. The molecule has 176 valence electrons. The van der Waals surface area contributed by atoms with Gasteiger partial charge >= 0.3 is 5.97 Å². The van der Waals surface area contributed by atoms with Crippen LogP contribution in [0.15, 0.2) is 0 Å². The number of carbonyl (C=O) groups is 1. The molecule has 0 N–H and O–H groups in total. The molecule has 0 spiro atoms. The van der Waals surface area contributed by atoms with Crippen molar-refractivity contribution in [2.24, 2.45) is 5.92 Å². The van der Waals surface area contributed by atoms with E-state index < -0.39 is 0 Å². The molecule has 2 nitrogen and oxygen atoms in total. The fourth-order valence-electron chi connectivity index (χ4n) is 3.35. The van der Waals surface area contributed by atoms with Gasteiger partial charge in [0.2, 0.25) is 0 Å². The Morgan fingerprint density at radius 1 is 0.552 bits per heavy atom. The first-order valence-corrected chi connectivity index (χ1v) is 13.3. The lowest BCUT2D eigenvalue weighted by molar-refractivity contribution is -0.145. The fraction of sp³-hybridized carbons (Fsp3) is 0.963. The van der Waals surface area contributed by atoms with Crippen LogP contribution < -0.4 is 0 Å². The Kier molecular flexibility index (Phi) is 29.0. The minimum absolute atomic E-state index is 0.0287. The molecule has 1 unspecified atom stereocenters. The minimum atomic E-state index is 0.0287. The SMILES string of the molecule is CCCC.CCCCCCCCCCC(=O)OCC(CCCC)CCCCCC. The Balaban J connectivity index is 0. The molecule has 0 saturated heterocycles. The lowest BCUT2D eigenvalue weighted by Gasteiger charge is -2.16. The molecular weight excluding hydrogens is 356 g/mol. The summed E-state index contributed by atoms with van der Waals surface area (Å²) >= 11 is 0. The van der Waals surface area contributed by atoms with Gasteiger partial charge in [-0.25, -0.2) is 0 Å². The standard InChI is InChI=1S/C23H46O2.C4H10/c1-4-7-10-12-13-14-15-17-20-23(24)25-21-22(18-9-6-3)19-16-11-8-5-2;1-3-4-2/h22H,4-21H2,1-3H3;3-4H2,1-2H3. The Morgan fingerprint density at radius 3 is 1.52 bits per heavy atom. The number of hydrogen-bond acceptors (Lipinski definition) is 2. The molecule has 0 aromatic carbocycles. The molecule has 0 heterocycles. The number of hydrogen-bond donors (Lipinski definition) is 0. The van der Waals surface area contributed by atoms with Crippen LogP contribution >= 0.6 is 0 Å². The third-order valence-corrected chi connectivity index (χ3v) is 5.65. The van der Waals surface area contributed by atoms with Crippen LogP contribution in [-0.4, -0.2) is 12.6 Å². The van der Waals surface area contributed by atoms with Gasteiger partial charge in [0.1, 0.15) is 0 Å². The number of unbranched alkanes of at least 4 members (excludes halogenated alkanes) is 12. The van der Waals surface area contributed by atoms with Gasteiger partial charge in [-0.05, 0) is 25.2 Å². The summed E-state index contributed by atoms with van der Waals surface area (Å²) in [7, 11) is 0. The molecule has 1 atom stereocenters. The summed E-state index contributed by atoms with van der Waals surface area (Å²) in [6, 6.07) is 0. The Hall–Kier alpha value is -0.530. The molecular formula is C27H56O2. The Labute approximate surface area is 185 Å². The van der Waals surface area contributed by atoms with Crippen LogP contribution in [0.2, 0.25) is 0 Å². The lowest BCUT2D eigenvalue weighted by atomic mass is 9.96. The molecule has 0 aromatic heterocycles. The van der Waals surface area contributed by atoms with Crippen molar-refractivity contribution in [1.82, 2.24) is 0 Å². The molecule has 0 rings (SSSR count). The highest BCUT2D eigenvalue weighted by Gasteiger charge is 2.11. The summed E-state index contributed by atoms with van der Waals surface area (Å²) < 4.78 is 5.58. The molecule has 0 aliphatic heterocycles. The van der Waals surface area contributed by atoms with E-state index in [0.29, 0.717) is 18.9 Å². The fourth-order valence-corrected chi connectivity index (χ4v) is 3.35. The zero-order valence-corrected chi connectivity index (χ0v) is 21.0. The van der Waals surface area contributed by atoms with E-state index >= 15 is 0 Å². The van der Waals surface area contributed by atoms with Gasteiger partial charge in [0.05, 0.1) is 6.61 Å². The summed E-state index contributed by atoms with van der Waals surface area (Å²) in [4.78, 5) is 11.9. The van der Waals surface area contributed by atoms with Gasteiger partial charge in [0.25, 0.3) is 0 Å². The maximum absolute atomic E-state index is 11.9. The lowest BCUT2D eigenvalue weighted by Crippen LogP contribution is -2.14. The van der Waals surface area contributed by atoms with E-state index in [0.717, 1.165) is 6.42 Å². The van der Waals surface area contributed by atoms with Crippen molar-refractivity contribution in [1.29, 1.82) is 0 Å².